The molecule has 0 amide bonds. The van der Waals surface area contributed by atoms with Crippen molar-refractivity contribution in [1.29, 1.82) is 5.26 Å². The zero-order valence-electron chi connectivity index (χ0n) is 26.9. The van der Waals surface area contributed by atoms with E-state index >= 15 is 0 Å². The van der Waals surface area contributed by atoms with Crippen LogP contribution in [0.2, 0.25) is 0 Å². The molecule has 1 aliphatic carbocycles. The van der Waals surface area contributed by atoms with Gasteiger partial charge < -0.3 is 0 Å². The molecule has 0 fully saturated rings. The van der Waals surface area contributed by atoms with Crippen molar-refractivity contribution in [3.8, 4) is 61.7 Å². The molecular weight excluding hydrogens is 605 g/mol. The number of fused-ring (bicyclic) bond motifs is 8. The van der Waals surface area contributed by atoms with E-state index in [0.29, 0.717) is 11.3 Å². The van der Waals surface area contributed by atoms with Crippen molar-refractivity contribution in [1.82, 2.24) is 0 Å². The molecular formula is C48H26N2. The van der Waals surface area contributed by atoms with E-state index in [4.69, 9.17) is 6.57 Å². The summed E-state index contributed by atoms with van der Waals surface area (Å²) in [6.45, 7) is 7.78. The van der Waals surface area contributed by atoms with Crippen LogP contribution in [-0.4, -0.2) is 0 Å². The molecule has 9 aromatic rings. The van der Waals surface area contributed by atoms with Gasteiger partial charge in [0.2, 0.25) is 0 Å². The van der Waals surface area contributed by atoms with Crippen molar-refractivity contribution in [2.24, 2.45) is 0 Å². The van der Waals surface area contributed by atoms with Crippen molar-refractivity contribution in [2.75, 3.05) is 0 Å². The van der Waals surface area contributed by atoms with E-state index in [-0.39, 0.29) is 0 Å². The Morgan fingerprint density at radius 1 is 0.380 bits per heavy atom. The van der Waals surface area contributed by atoms with Gasteiger partial charge in [-0.3, -0.25) is 0 Å². The number of nitriles is 1. The Bertz CT molecular complexity index is 2960. The molecule has 0 N–H and O–H groups in total. The summed E-state index contributed by atoms with van der Waals surface area (Å²) >= 11 is 0. The molecule has 9 aromatic carbocycles. The van der Waals surface area contributed by atoms with Gasteiger partial charge in [0.1, 0.15) is 0 Å². The Hall–Kier alpha value is -7.00. The summed E-state index contributed by atoms with van der Waals surface area (Å²) in [5, 5.41) is 18.9. The molecule has 0 heterocycles. The van der Waals surface area contributed by atoms with Crippen LogP contribution in [0.5, 0.6) is 0 Å². The minimum atomic E-state index is 0.641. The molecule has 0 bridgehead atoms. The van der Waals surface area contributed by atoms with E-state index in [0.717, 1.165) is 27.5 Å². The summed E-state index contributed by atoms with van der Waals surface area (Å²) in [5.74, 6) is 0. The highest BCUT2D eigenvalue weighted by atomic mass is 14.6. The van der Waals surface area contributed by atoms with Gasteiger partial charge in [-0.25, -0.2) is 4.85 Å². The molecule has 0 spiro atoms. The Kier molecular flexibility index (Phi) is 6.04. The van der Waals surface area contributed by atoms with Crippen LogP contribution in [0.1, 0.15) is 5.56 Å². The summed E-state index contributed by atoms with van der Waals surface area (Å²) in [7, 11) is 0. The average Bonchev–Trinajstić information content (AvgIpc) is 3.50. The Balaban J connectivity index is 1.32. The predicted molar refractivity (Wildman–Crippen MR) is 208 cm³/mol. The molecule has 0 saturated heterocycles. The topological polar surface area (TPSA) is 28.1 Å². The predicted octanol–water partition coefficient (Wildman–Crippen LogP) is 13.4. The SMILES string of the molecule is [C-]#[N+]c1ccc2c(c1)c(-c1ccccc1)cc1c3cc4c(cc3c(-c3ccccc3)cc21)-c1cccc2c(-c3ccc(C#N)cc3)ccc-4c12. The Labute approximate surface area is 289 Å². The molecule has 50 heavy (non-hydrogen) atoms. The number of hydrogen-bond donors (Lipinski definition) is 0. The molecule has 1 aliphatic rings. The van der Waals surface area contributed by atoms with Gasteiger partial charge in [0.05, 0.1) is 18.2 Å². The van der Waals surface area contributed by atoms with Crippen LogP contribution in [-0.2, 0) is 0 Å². The van der Waals surface area contributed by atoms with Crippen LogP contribution in [0.25, 0.3) is 104 Å². The fourth-order valence-corrected chi connectivity index (χ4v) is 8.14. The van der Waals surface area contributed by atoms with Gasteiger partial charge in [-0.1, -0.05) is 115 Å². The van der Waals surface area contributed by atoms with Crippen LogP contribution in [0.4, 0.5) is 5.69 Å². The lowest BCUT2D eigenvalue weighted by atomic mass is 9.86. The third kappa shape index (κ3) is 4.07. The highest BCUT2D eigenvalue weighted by Gasteiger charge is 2.25. The maximum Gasteiger partial charge on any atom is 0.187 e. The number of nitrogens with zero attached hydrogens (tertiary/aromatic N) is 2. The van der Waals surface area contributed by atoms with E-state index in [2.05, 4.69) is 126 Å². The third-order valence-electron chi connectivity index (χ3n) is 10.4. The van der Waals surface area contributed by atoms with Crippen molar-refractivity contribution in [2.45, 2.75) is 0 Å². The van der Waals surface area contributed by atoms with Gasteiger partial charge in [0.15, 0.2) is 5.69 Å². The van der Waals surface area contributed by atoms with Gasteiger partial charge in [-0.2, -0.15) is 5.26 Å². The normalized spacial score (nSPS) is 11.6. The molecule has 228 valence electrons. The van der Waals surface area contributed by atoms with Gasteiger partial charge in [-0.05, 0) is 141 Å². The van der Waals surface area contributed by atoms with E-state index in [9.17, 15) is 5.26 Å². The summed E-state index contributed by atoms with van der Waals surface area (Å²) in [6.07, 6.45) is 0. The number of benzene rings is 9. The molecule has 0 radical (unpaired) electrons. The molecule has 0 unspecified atom stereocenters. The second-order valence-corrected chi connectivity index (χ2v) is 13.0. The lowest BCUT2D eigenvalue weighted by molar-refractivity contribution is 1.48. The minimum absolute atomic E-state index is 0.641. The first kappa shape index (κ1) is 28.1. The third-order valence-corrected chi connectivity index (χ3v) is 10.4. The van der Waals surface area contributed by atoms with Crippen LogP contribution < -0.4 is 0 Å². The first-order chi connectivity index (χ1) is 24.7. The average molecular weight is 631 g/mol. The molecule has 0 aliphatic heterocycles. The van der Waals surface area contributed by atoms with Gasteiger partial charge in [-0.15, -0.1) is 0 Å². The van der Waals surface area contributed by atoms with Gasteiger partial charge in [0.25, 0.3) is 0 Å². The molecule has 0 atom stereocenters. The molecule has 2 nitrogen and oxygen atoms in total. The minimum Gasteiger partial charge on any atom is -0.238 e. The van der Waals surface area contributed by atoms with Gasteiger partial charge >= 0.3 is 0 Å². The van der Waals surface area contributed by atoms with Crippen molar-refractivity contribution in [3.63, 3.8) is 0 Å². The van der Waals surface area contributed by atoms with Crippen LogP contribution in [0.15, 0.2) is 158 Å². The second kappa shape index (κ2) is 10.8. The maximum atomic E-state index is 9.38. The van der Waals surface area contributed by atoms with Crippen molar-refractivity contribution < 1.29 is 0 Å². The Morgan fingerprint density at radius 3 is 1.58 bits per heavy atom. The maximum absolute atomic E-state index is 9.38. The quantitative estimate of drug-likeness (QED) is 0.141. The highest BCUT2D eigenvalue weighted by Crippen LogP contribution is 2.52. The fourth-order valence-electron chi connectivity index (χ4n) is 8.14. The van der Waals surface area contributed by atoms with Crippen LogP contribution in [0.3, 0.4) is 0 Å². The van der Waals surface area contributed by atoms with E-state index in [1.54, 1.807) is 0 Å². The largest absolute Gasteiger partial charge is 0.238 e. The first-order valence-corrected chi connectivity index (χ1v) is 16.8. The van der Waals surface area contributed by atoms with Crippen LogP contribution in [0, 0.1) is 17.9 Å². The summed E-state index contributed by atoms with van der Waals surface area (Å²) in [6, 6.07) is 58.2. The lowest BCUT2D eigenvalue weighted by Gasteiger charge is -2.18. The van der Waals surface area contributed by atoms with E-state index in [1.165, 1.54) is 71.3 Å². The fraction of sp³-hybridized carbons (Fsp3) is 0. The van der Waals surface area contributed by atoms with E-state index < -0.39 is 0 Å². The van der Waals surface area contributed by atoms with Crippen LogP contribution >= 0.6 is 0 Å². The summed E-state index contributed by atoms with van der Waals surface area (Å²) in [5.41, 5.74) is 13.2. The first-order valence-electron chi connectivity index (χ1n) is 16.8. The van der Waals surface area contributed by atoms with Crippen molar-refractivity contribution >= 4 is 48.8 Å². The lowest BCUT2D eigenvalue weighted by Crippen LogP contribution is -1.90. The zero-order valence-corrected chi connectivity index (χ0v) is 26.9. The monoisotopic (exact) mass is 630 g/mol. The van der Waals surface area contributed by atoms with E-state index in [1.807, 2.05) is 42.5 Å². The molecule has 2 heteroatoms. The zero-order chi connectivity index (χ0) is 33.3. The Morgan fingerprint density at radius 2 is 0.920 bits per heavy atom. The molecule has 0 aromatic heterocycles. The van der Waals surface area contributed by atoms with Gasteiger partial charge in [0, 0.05) is 0 Å². The molecule has 0 saturated carbocycles. The smallest absolute Gasteiger partial charge is 0.187 e. The summed E-state index contributed by atoms with van der Waals surface area (Å²) < 4.78 is 0. The number of rotatable bonds is 3. The number of hydrogen-bond acceptors (Lipinski definition) is 1. The highest BCUT2D eigenvalue weighted by molar-refractivity contribution is 6.27. The molecule has 10 rings (SSSR count). The second-order valence-electron chi connectivity index (χ2n) is 13.0. The summed E-state index contributed by atoms with van der Waals surface area (Å²) in [4.78, 5) is 3.80. The standard InChI is InChI=1S/C48H26N2/c1-50-33-19-20-35-41(23-33)39(30-9-4-2-5-10-30)25-46-42(35)24-40(31-11-6-3-7-12-31)45-26-43-37-14-8-13-36-34(32-17-15-29(28-49)16-18-32)21-22-38(48(36)37)44(43)27-47(45)46/h2-27H. The van der Waals surface area contributed by atoms with Crippen molar-refractivity contribution in [3.05, 3.63) is 175 Å².